The maximum atomic E-state index is 13.7. The van der Waals surface area contributed by atoms with E-state index in [0.29, 0.717) is 31.6 Å². The highest BCUT2D eigenvalue weighted by Gasteiger charge is 2.22. The number of nitrogens with one attached hydrogen (secondary N) is 1. The molecule has 0 atom stereocenters. The molecular weight excluding hydrogens is 462 g/mol. The Balaban J connectivity index is 1.53. The minimum absolute atomic E-state index is 0.0533. The third kappa shape index (κ3) is 6.79. The van der Waals surface area contributed by atoms with Crippen molar-refractivity contribution < 1.29 is 14.3 Å². The molecule has 37 heavy (non-hydrogen) atoms. The van der Waals surface area contributed by atoms with E-state index in [0.717, 1.165) is 29.7 Å². The van der Waals surface area contributed by atoms with Crippen LogP contribution in [0.4, 0.5) is 0 Å². The average Bonchev–Trinajstić information content (AvgIpc) is 3.36. The Morgan fingerprint density at radius 3 is 2.32 bits per heavy atom. The first-order valence-electron chi connectivity index (χ1n) is 12.9. The summed E-state index contributed by atoms with van der Waals surface area (Å²) in [5, 5.41) is 1.17. The maximum absolute atomic E-state index is 13.7. The van der Waals surface area contributed by atoms with Gasteiger partial charge in [-0.05, 0) is 54.3 Å². The van der Waals surface area contributed by atoms with Crippen LogP contribution in [0.3, 0.4) is 0 Å². The lowest BCUT2D eigenvalue weighted by atomic mass is 10.1. The summed E-state index contributed by atoms with van der Waals surface area (Å²) in [5.41, 5.74) is 3.88. The minimum Gasteiger partial charge on any atom is -0.497 e. The molecule has 0 unspecified atom stereocenters. The number of nitrogens with zero attached hydrogens (tertiary/aromatic N) is 2. The Kier molecular flexibility index (Phi) is 8.98. The van der Waals surface area contributed by atoms with Crippen molar-refractivity contribution in [3.05, 3.63) is 102 Å². The number of hydrogen-bond donors (Lipinski definition) is 1. The Bertz CT molecular complexity index is 1300. The van der Waals surface area contributed by atoms with Gasteiger partial charge in [-0.3, -0.25) is 9.59 Å². The summed E-state index contributed by atoms with van der Waals surface area (Å²) < 4.78 is 5.29. The third-order valence-corrected chi connectivity index (χ3v) is 6.63. The Morgan fingerprint density at radius 2 is 1.59 bits per heavy atom. The molecule has 4 aromatic rings. The quantitative estimate of drug-likeness (QED) is 0.273. The van der Waals surface area contributed by atoms with Crippen LogP contribution < -0.4 is 4.74 Å². The molecule has 3 aromatic carbocycles. The van der Waals surface area contributed by atoms with Crippen molar-refractivity contribution in [3.8, 4) is 5.75 Å². The highest BCUT2D eigenvalue weighted by molar-refractivity contribution is 5.96. The number of benzene rings is 3. The van der Waals surface area contributed by atoms with Crippen LogP contribution in [-0.4, -0.2) is 53.3 Å². The van der Waals surface area contributed by atoms with Gasteiger partial charge >= 0.3 is 0 Å². The molecule has 0 aliphatic heterocycles. The van der Waals surface area contributed by atoms with Gasteiger partial charge in [-0.1, -0.05) is 61.9 Å². The zero-order chi connectivity index (χ0) is 26.0. The van der Waals surface area contributed by atoms with Crippen molar-refractivity contribution in [1.29, 1.82) is 0 Å². The lowest BCUT2D eigenvalue weighted by molar-refractivity contribution is -0.132. The van der Waals surface area contributed by atoms with E-state index in [4.69, 9.17) is 4.74 Å². The van der Waals surface area contributed by atoms with E-state index in [9.17, 15) is 9.59 Å². The Labute approximate surface area is 218 Å². The number of amides is 2. The summed E-state index contributed by atoms with van der Waals surface area (Å²) in [6.07, 6.45) is 4.53. The summed E-state index contributed by atoms with van der Waals surface area (Å²) in [7, 11) is 1.64. The van der Waals surface area contributed by atoms with Gasteiger partial charge < -0.3 is 19.5 Å². The zero-order valence-electron chi connectivity index (χ0n) is 21.7. The van der Waals surface area contributed by atoms with Gasteiger partial charge in [0.1, 0.15) is 12.3 Å². The van der Waals surface area contributed by atoms with E-state index in [1.165, 1.54) is 10.9 Å². The normalized spacial score (nSPS) is 10.9. The minimum atomic E-state index is -0.108. The predicted octanol–water partition coefficient (Wildman–Crippen LogP) is 5.69. The third-order valence-electron chi connectivity index (χ3n) is 6.63. The van der Waals surface area contributed by atoms with Crippen LogP contribution in [-0.2, 0) is 17.8 Å². The number of rotatable bonds is 12. The molecule has 0 radical (unpaired) electrons. The van der Waals surface area contributed by atoms with Gasteiger partial charge in [-0.15, -0.1) is 0 Å². The highest BCUT2D eigenvalue weighted by atomic mass is 16.5. The standard InChI is InChI=1S/C31H35N3O3/c1-3-4-19-34(31(36)25-10-6-5-7-11-25)23-30(35)33(22-24-14-16-27(37-2)17-15-24)20-18-26-21-32-29-13-9-8-12-28(26)29/h5-17,21,32H,3-4,18-20,22-23H2,1-2H3. The summed E-state index contributed by atoms with van der Waals surface area (Å²) in [5.74, 6) is 0.610. The molecule has 1 heterocycles. The molecule has 0 saturated heterocycles. The summed E-state index contributed by atoms with van der Waals surface area (Å²) >= 11 is 0. The van der Waals surface area contributed by atoms with Crippen LogP contribution in [0.25, 0.3) is 10.9 Å². The largest absolute Gasteiger partial charge is 0.497 e. The number of aromatic amines is 1. The number of para-hydroxylation sites is 1. The van der Waals surface area contributed by atoms with Crippen LogP contribution >= 0.6 is 0 Å². The molecule has 0 aliphatic carbocycles. The summed E-state index contributed by atoms with van der Waals surface area (Å²) in [4.78, 5) is 33.8. The van der Waals surface area contributed by atoms with E-state index >= 15 is 0 Å². The van der Waals surface area contributed by atoms with Gasteiger partial charge in [0.25, 0.3) is 5.91 Å². The zero-order valence-corrected chi connectivity index (χ0v) is 21.7. The molecule has 1 aromatic heterocycles. The van der Waals surface area contributed by atoms with Crippen LogP contribution in [0, 0.1) is 0 Å². The predicted molar refractivity (Wildman–Crippen MR) is 148 cm³/mol. The summed E-state index contributed by atoms with van der Waals surface area (Å²) in [6, 6.07) is 25.2. The summed E-state index contributed by atoms with van der Waals surface area (Å²) in [6.45, 7) is 3.71. The molecule has 0 saturated carbocycles. The van der Waals surface area contributed by atoms with E-state index in [1.54, 1.807) is 24.1 Å². The van der Waals surface area contributed by atoms with Crippen molar-refractivity contribution in [2.24, 2.45) is 0 Å². The van der Waals surface area contributed by atoms with Gasteiger partial charge in [-0.25, -0.2) is 0 Å². The van der Waals surface area contributed by atoms with Crippen molar-refractivity contribution in [2.75, 3.05) is 26.7 Å². The van der Waals surface area contributed by atoms with Crippen molar-refractivity contribution in [1.82, 2.24) is 14.8 Å². The van der Waals surface area contributed by atoms with Crippen LogP contribution in [0.15, 0.2) is 85.1 Å². The number of carbonyl (C=O) groups is 2. The number of methoxy groups -OCH3 is 1. The second kappa shape index (κ2) is 12.8. The van der Waals surface area contributed by atoms with E-state index in [2.05, 4.69) is 24.0 Å². The van der Waals surface area contributed by atoms with Gasteiger partial charge in [0.15, 0.2) is 0 Å². The topological polar surface area (TPSA) is 65.6 Å². The van der Waals surface area contributed by atoms with Crippen molar-refractivity contribution >= 4 is 22.7 Å². The smallest absolute Gasteiger partial charge is 0.254 e. The fourth-order valence-corrected chi connectivity index (χ4v) is 4.47. The first kappa shape index (κ1) is 26.0. The molecule has 0 aliphatic rings. The number of aromatic nitrogens is 1. The van der Waals surface area contributed by atoms with Gasteiger partial charge in [-0.2, -0.15) is 0 Å². The van der Waals surface area contributed by atoms with Gasteiger partial charge in [0, 0.05) is 42.3 Å². The lowest BCUT2D eigenvalue weighted by Crippen LogP contribution is -2.43. The number of H-pyrrole nitrogens is 1. The molecule has 6 nitrogen and oxygen atoms in total. The molecule has 4 rings (SSSR count). The van der Waals surface area contributed by atoms with E-state index in [-0.39, 0.29) is 18.4 Å². The number of carbonyl (C=O) groups excluding carboxylic acids is 2. The first-order valence-corrected chi connectivity index (χ1v) is 12.9. The molecule has 6 heteroatoms. The number of unbranched alkanes of at least 4 members (excludes halogenated alkanes) is 1. The average molecular weight is 498 g/mol. The molecule has 2 amide bonds. The monoisotopic (exact) mass is 497 g/mol. The SMILES string of the molecule is CCCCN(CC(=O)N(CCc1c[nH]c2ccccc12)Cc1ccc(OC)cc1)C(=O)c1ccccc1. The van der Waals surface area contributed by atoms with Gasteiger partial charge in [0.2, 0.25) is 5.91 Å². The van der Waals surface area contributed by atoms with E-state index < -0.39 is 0 Å². The molecule has 0 fully saturated rings. The first-order chi connectivity index (χ1) is 18.1. The fraction of sp³-hybridized carbons (Fsp3) is 0.290. The lowest BCUT2D eigenvalue weighted by Gasteiger charge is -2.28. The Morgan fingerprint density at radius 1 is 0.865 bits per heavy atom. The van der Waals surface area contributed by atoms with Gasteiger partial charge in [0.05, 0.1) is 7.11 Å². The van der Waals surface area contributed by atoms with Crippen molar-refractivity contribution in [2.45, 2.75) is 32.7 Å². The van der Waals surface area contributed by atoms with Crippen LogP contribution in [0.5, 0.6) is 5.75 Å². The highest BCUT2D eigenvalue weighted by Crippen LogP contribution is 2.20. The fourth-order valence-electron chi connectivity index (χ4n) is 4.47. The van der Waals surface area contributed by atoms with E-state index in [1.807, 2.05) is 65.7 Å². The number of hydrogen-bond acceptors (Lipinski definition) is 3. The Hall–Kier alpha value is -4.06. The molecule has 192 valence electrons. The maximum Gasteiger partial charge on any atom is 0.254 e. The van der Waals surface area contributed by atoms with Crippen LogP contribution in [0.1, 0.15) is 41.3 Å². The molecule has 1 N–H and O–H groups in total. The molecular formula is C31H35N3O3. The van der Waals surface area contributed by atoms with Crippen molar-refractivity contribution in [3.63, 3.8) is 0 Å². The second-order valence-corrected chi connectivity index (χ2v) is 9.22. The second-order valence-electron chi connectivity index (χ2n) is 9.22. The molecule has 0 spiro atoms. The molecule has 0 bridgehead atoms. The van der Waals surface area contributed by atoms with Crippen LogP contribution in [0.2, 0.25) is 0 Å². The number of ether oxygens (including phenoxy) is 1. The number of fused-ring (bicyclic) bond motifs is 1.